The van der Waals surface area contributed by atoms with Crippen LogP contribution in [0.2, 0.25) is 0 Å². The minimum absolute atomic E-state index is 0.0995. The molecule has 0 aromatic heterocycles. The van der Waals surface area contributed by atoms with E-state index in [9.17, 15) is 0 Å². The van der Waals surface area contributed by atoms with Crippen molar-refractivity contribution in [3.05, 3.63) is 181 Å². The maximum atomic E-state index is 2.45. The molecule has 49 heavy (non-hydrogen) atoms. The molecular weight excluding hydrogens is 589 g/mol. The minimum atomic E-state index is -0.0995. The van der Waals surface area contributed by atoms with Gasteiger partial charge in [0.25, 0.3) is 0 Å². The molecule has 9 aromatic carbocycles. The molecule has 1 aliphatic carbocycles. The van der Waals surface area contributed by atoms with E-state index in [1.807, 2.05) is 0 Å². The molecule has 9 aromatic rings. The number of benzene rings is 9. The molecule has 0 bridgehead atoms. The molecule has 230 valence electrons. The summed E-state index contributed by atoms with van der Waals surface area (Å²) in [5, 5.41) is 10.4. The van der Waals surface area contributed by atoms with E-state index < -0.39 is 0 Å². The Morgan fingerprint density at radius 2 is 0.918 bits per heavy atom. The molecule has 0 nitrogen and oxygen atoms in total. The van der Waals surface area contributed by atoms with Crippen molar-refractivity contribution in [3.63, 3.8) is 0 Å². The van der Waals surface area contributed by atoms with Gasteiger partial charge in [-0.15, -0.1) is 0 Å². The summed E-state index contributed by atoms with van der Waals surface area (Å²) < 4.78 is 0. The van der Waals surface area contributed by atoms with Crippen molar-refractivity contribution in [2.45, 2.75) is 19.3 Å². The normalized spacial score (nSPS) is 13.3. The van der Waals surface area contributed by atoms with E-state index in [4.69, 9.17) is 0 Å². The van der Waals surface area contributed by atoms with E-state index in [0.717, 1.165) is 0 Å². The van der Waals surface area contributed by atoms with E-state index in [1.54, 1.807) is 0 Å². The maximum Gasteiger partial charge on any atom is 0.0165 e. The molecule has 0 heterocycles. The van der Waals surface area contributed by atoms with Gasteiger partial charge in [0.1, 0.15) is 0 Å². The summed E-state index contributed by atoms with van der Waals surface area (Å²) in [6.07, 6.45) is 0. The highest BCUT2D eigenvalue weighted by atomic mass is 14.4. The fraction of sp³-hybridized carbons (Fsp3) is 0.0612. The first-order valence-corrected chi connectivity index (χ1v) is 17.3. The number of rotatable bonds is 3. The SMILES string of the molecule is CC1(C)c2cc(-c3cccc(-c4c5ccccc5c(-c5ccccc5)c5ccc6ccccc6c45)c3)ccc2-c2ccc3ccccc3c21. The average Bonchev–Trinajstić information content (AvgIpc) is 3.39. The average molecular weight is 623 g/mol. The van der Waals surface area contributed by atoms with Crippen LogP contribution in [-0.2, 0) is 5.41 Å². The Balaban J connectivity index is 1.21. The van der Waals surface area contributed by atoms with Gasteiger partial charge < -0.3 is 0 Å². The van der Waals surface area contributed by atoms with Crippen LogP contribution in [-0.4, -0.2) is 0 Å². The monoisotopic (exact) mass is 622 g/mol. The third kappa shape index (κ3) is 4.11. The van der Waals surface area contributed by atoms with Crippen LogP contribution >= 0.6 is 0 Å². The summed E-state index contributed by atoms with van der Waals surface area (Å²) in [4.78, 5) is 0. The molecule has 0 aliphatic heterocycles. The lowest BCUT2D eigenvalue weighted by molar-refractivity contribution is 0.666. The summed E-state index contributed by atoms with van der Waals surface area (Å²) in [7, 11) is 0. The predicted molar refractivity (Wildman–Crippen MR) is 210 cm³/mol. The molecule has 10 rings (SSSR count). The fourth-order valence-electron chi connectivity index (χ4n) is 8.80. The molecular formula is C49H34. The van der Waals surface area contributed by atoms with E-state index in [0.29, 0.717) is 0 Å². The Labute approximate surface area is 286 Å². The van der Waals surface area contributed by atoms with Gasteiger partial charge in [0, 0.05) is 5.41 Å². The Morgan fingerprint density at radius 3 is 1.71 bits per heavy atom. The van der Waals surface area contributed by atoms with Crippen LogP contribution in [0, 0.1) is 0 Å². The summed E-state index contributed by atoms with van der Waals surface area (Å²) in [6, 6.07) is 63.1. The van der Waals surface area contributed by atoms with Gasteiger partial charge in [-0.1, -0.05) is 172 Å². The second-order valence-corrected chi connectivity index (χ2v) is 14.0. The van der Waals surface area contributed by atoms with Gasteiger partial charge in [-0.25, -0.2) is 0 Å². The smallest absolute Gasteiger partial charge is 0.0165 e. The summed E-state index contributed by atoms with van der Waals surface area (Å²) >= 11 is 0. The first kappa shape index (κ1) is 28.1. The van der Waals surface area contributed by atoms with Crippen LogP contribution in [0.5, 0.6) is 0 Å². The lowest BCUT2D eigenvalue weighted by Gasteiger charge is -2.23. The highest BCUT2D eigenvalue weighted by Crippen LogP contribution is 2.52. The largest absolute Gasteiger partial charge is 0.0622 e. The fourth-order valence-corrected chi connectivity index (χ4v) is 8.80. The zero-order chi connectivity index (χ0) is 32.7. The van der Waals surface area contributed by atoms with Gasteiger partial charge in [0.15, 0.2) is 0 Å². The second kappa shape index (κ2) is 10.5. The number of hydrogen-bond donors (Lipinski definition) is 0. The summed E-state index contributed by atoms with van der Waals surface area (Å²) in [5.74, 6) is 0. The molecule has 0 heteroatoms. The highest BCUT2D eigenvalue weighted by Gasteiger charge is 2.37. The first-order valence-electron chi connectivity index (χ1n) is 17.3. The Bertz CT molecular complexity index is 2780. The van der Waals surface area contributed by atoms with Crippen molar-refractivity contribution in [2.75, 3.05) is 0 Å². The topological polar surface area (TPSA) is 0 Å². The molecule has 1 aliphatic rings. The van der Waals surface area contributed by atoms with E-state index in [2.05, 4.69) is 184 Å². The summed E-state index contributed by atoms with van der Waals surface area (Å²) in [5.41, 5.74) is 13.0. The summed E-state index contributed by atoms with van der Waals surface area (Å²) in [6.45, 7) is 4.78. The van der Waals surface area contributed by atoms with E-state index in [-0.39, 0.29) is 5.41 Å². The highest BCUT2D eigenvalue weighted by molar-refractivity contribution is 6.28. The molecule has 0 N–H and O–H groups in total. The van der Waals surface area contributed by atoms with Crippen LogP contribution in [0.15, 0.2) is 170 Å². The van der Waals surface area contributed by atoms with Crippen LogP contribution in [0.1, 0.15) is 25.0 Å². The molecule has 0 fully saturated rings. The predicted octanol–water partition coefficient (Wildman–Crippen LogP) is 13.6. The Kier molecular flexibility index (Phi) is 6.02. The van der Waals surface area contributed by atoms with Crippen molar-refractivity contribution >= 4 is 43.1 Å². The van der Waals surface area contributed by atoms with Crippen LogP contribution in [0.25, 0.3) is 87.6 Å². The number of fused-ring (bicyclic) bond motifs is 9. The van der Waals surface area contributed by atoms with Gasteiger partial charge >= 0.3 is 0 Å². The Hall–Kier alpha value is -5.98. The second-order valence-electron chi connectivity index (χ2n) is 14.0. The molecule has 0 radical (unpaired) electrons. The minimum Gasteiger partial charge on any atom is -0.0622 e. The maximum absolute atomic E-state index is 2.45. The van der Waals surface area contributed by atoms with Gasteiger partial charge in [-0.05, 0) is 111 Å². The van der Waals surface area contributed by atoms with Crippen molar-refractivity contribution in [3.8, 4) is 44.5 Å². The Morgan fingerprint density at radius 1 is 0.347 bits per heavy atom. The van der Waals surface area contributed by atoms with Crippen molar-refractivity contribution in [1.82, 2.24) is 0 Å². The van der Waals surface area contributed by atoms with Gasteiger partial charge in [0.2, 0.25) is 0 Å². The molecule has 0 amide bonds. The molecule has 0 spiro atoms. The zero-order valence-electron chi connectivity index (χ0n) is 27.7. The zero-order valence-corrected chi connectivity index (χ0v) is 27.7. The van der Waals surface area contributed by atoms with Gasteiger partial charge in [0.05, 0.1) is 0 Å². The molecule has 0 saturated carbocycles. The molecule has 0 saturated heterocycles. The lowest BCUT2D eigenvalue weighted by atomic mass is 9.79. The van der Waals surface area contributed by atoms with Gasteiger partial charge in [-0.3, -0.25) is 0 Å². The van der Waals surface area contributed by atoms with Crippen molar-refractivity contribution < 1.29 is 0 Å². The molecule has 0 atom stereocenters. The quantitative estimate of drug-likeness (QED) is 0.136. The van der Waals surface area contributed by atoms with Crippen LogP contribution in [0.3, 0.4) is 0 Å². The van der Waals surface area contributed by atoms with Crippen molar-refractivity contribution in [1.29, 1.82) is 0 Å². The van der Waals surface area contributed by atoms with E-state index >= 15 is 0 Å². The standard InChI is InChI=1S/C49H34/c1-49(2)44-30-35(25-26-39(44)42-27-23-32-14-7-9-20-38(32)48(42)49)34-17-12-18-36(29-34)46-41-22-11-10-21-40(41)45(33-15-4-3-5-16-33)43-28-24-31-13-6-8-19-37(31)47(43)46/h3-30H,1-2H3. The van der Waals surface area contributed by atoms with Gasteiger partial charge in [-0.2, -0.15) is 0 Å². The van der Waals surface area contributed by atoms with Crippen LogP contribution < -0.4 is 0 Å². The third-order valence-corrected chi connectivity index (χ3v) is 11.0. The van der Waals surface area contributed by atoms with E-state index in [1.165, 1.54) is 98.7 Å². The third-order valence-electron chi connectivity index (χ3n) is 11.0. The molecule has 0 unspecified atom stereocenters. The van der Waals surface area contributed by atoms with Crippen LogP contribution in [0.4, 0.5) is 0 Å². The first-order chi connectivity index (χ1) is 24.1. The lowest BCUT2D eigenvalue weighted by Crippen LogP contribution is -2.15. The van der Waals surface area contributed by atoms with Crippen molar-refractivity contribution in [2.24, 2.45) is 0 Å². The number of hydrogen-bond acceptors (Lipinski definition) is 0.